The van der Waals surface area contributed by atoms with E-state index in [4.69, 9.17) is 9.47 Å². The van der Waals surface area contributed by atoms with Gasteiger partial charge in [0.1, 0.15) is 0 Å². The Morgan fingerprint density at radius 3 is 2.79 bits per heavy atom. The largest absolute Gasteiger partial charge is 0.481 e. The van der Waals surface area contributed by atoms with Gasteiger partial charge in [-0.2, -0.15) is 0 Å². The molecule has 1 aromatic heterocycles. The number of hydrogen-bond acceptors (Lipinski definition) is 4. The Labute approximate surface area is 82.9 Å². The number of aromatic nitrogens is 1. The average Bonchev–Trinajstić information content (AvgIpc) is 2.19. The zero-order chi connectivity index (χ0) is 10.4. The second kappa shape index (κ2) is 5.21. The zero-order valence-corrected chi connectivity index (χ0v) is 8.32. The third-order valence-corrected chi connectivity index (χ3v) is 1.66. The molecule has 0 saturated carbocycles. The Morgan fingerprint density at radius 1 is 1.50 bits per heavy atom. The van der Waals surface area contributed by atoms with E-state index in [0.717, 1.165) is 5.56 Å². The molecule has 0 saturated heterocycles. The van der Waals surface area contributed by atoms with E-state index < -0.39 is 0 Å². The van der Waals surface area contributed by atoms with Crippen molar-refractivity contribution >= 4 is 5.97 Å². The third-order valence-electron chi connectivity index (χ3n) is 1.66. The van der Waals surface area contributed by atoms with E-state index in [1.165, 1.54) is 0 Å². The zero-order valence-electron chi connectivity index (χ0n) is 8.32. The lowest BCUT2D eigenvalue weighted by Crippen LogP contribution is -2.07. The molecule has 0 N–H and O–H groups in total. The van der Waals surface area contributed by atoms with Gasteiger partial charge in [-0.05, 0) is 12.5 Å². The molecule has 0 aliphatic heterocycles. The molecule has 1 rings (SSSR count). The summed E-state index contributed by atoms with van der Waals surface area (Å²) in [5, 5.41) is 0. The Kier molecular flexibility index (Phi) is 3.91. The molecular weight excluding hydrogens is 182 g/mol. The van der Waals surface area contributed by atoms with Crippen molar-refractivity contribution in [3.63, 3.8) is 0 Å². The van der Waals surface area contributed by atoms with Crippen LogP contribution in [0.2, 0.25) is 0 Å². The van der Waals surface area contributed by atoms with Crippen molar-refractivity contribution in [2.75, 3.05) is 13.7 Å². The molecular formula is C10H13NO3. The first-order valence-electron chi connectivity index (χ1n) is 4.40. The van der Waals surface area contributed by atoms with Crippen LogP contribution in [0.25, 0.3) is 0 Å². The number of rotatable bonds is 4. The number of pyridine rings is 1. The van der Waals surface area contributed by atoms with Gasteiger partial charge in [0, 0.05) is 12.3 Å². The molecule has 0 unspecified atom stereocenters. The summed E-state index contributed by atoms with van der Waals surface area (Å²) in [6.07, 6.45) is 1.86. The SMILES string of the molecule is CCOC(=O)Cc1ccc(OC)nc1. The van der Waals surface area contributed by atoms with Gasteiger partial charge in [0.25, 0.3) is 0 Å². The van der Waals surface area contributed by atoms with Crippen molar-refractivity contribution in [2.24, 2.45) is 0 Å². The van der Waals surface area contributed by atoms with Crippen LogP contribution in [0, 0.1) is 0 Å². The van der Waals surface area contributed by atoms with Gasteiger partial charge in [0.2, 0.25) is 5.88 Å². The van der Waals surface area contributed by atoms with Crippen LogP contribution in [0.3, 0.4) is 0 Å². The maximum absolute atomic E-state index is 11.1. The fraction of sp³-hybridized carbons (Fsp3) is 0.400. The molecule has 0 bridgehead atoms. The summed E-state index contributed by atoms with van der Waals surface area (Å²) in [5.74, 6) is 0.303. The third kappa shape index (κ3) is 3.05. The topological polar surface area (TPSA) is 48.4 Å². The van der Waals surface area contributed by atoms with Crippen molar-refractivity contribution in [2.45, 2.75) is 13.3 Å². The molecule has 0 spiro atoms. The van der Waals surface area contributed by atoms with Gasteiger partial charge in [0.05, 0.1) is 20.1 Å². The van der Waals surface area contributed by atoms with E-state index in [0.29, 0.717) is 12.5 Å². The number of nitrogens with zero attached hydrogens (tertiary/aromatic N) is 1. The lowest BCUT2D eigenvalue weighted by molar-refractivity contribution is -0.142. The van der Waals surface area contributed by atoms with E-state index in [1.807, 2.05) is 0 Å². The first kappa shape index (κ1) is 10.5. The van der Waals surface area contributed by atoms with Crippen LogP contribution >= 0.6 is 0 Å². The predicted molar refractivity (Wildman–Crippen MR) is 51.1 cm³/mol. The number of esters is 1. The van der Waals surface area contributed by atoms with Crippen molar-refractivity contribution < 1.29 is 14.3 Å². The summed E-state index contributed by atoms with van der Waals surface area (Å²) in [6, 6.07) is 3.51. The van der Waals surface area contributed by atoms with Crippen LogP contribution < -0.4 is 4.74 Å². The molecule has 1 aromatic rings. The summed E-state index contributed by atoms with van der Waals surface area (Å²) in [7, 11) is 1.55. The Balaban J connectivity index is 2.55. The molecule has 0 amide bonds. The van der Waals surface area contributed by atoms with Gasteiger partial charge in [-0.3, -0.25) is 4.79 Å². The summed E-state index contributed by atoms with van der Waals surface area (Å²) in [4.78, 5) is 15.1. The highest BCUT2D eigenvalue weighted by Crippen LogP contribution is 2.07. The molecule has 0 atom stereocenters. The van der Waals surface area contributed by atoms with Crippen LogP contribution in [-0.2, 0) is 16.0 Å². The van der Waals surface area contributed by atoms with E-state index >= 15 is 0 Å². The molecule has 0 radical (unpaired) electrons. The first-order valence-corrected chi connectivity index (χ1v) is 4.40. The van der Waals surface area contributed by atoms with Crippen molar-refractivity contribution in [3.8, 4) is 5.88 Å². The molecule has 14 heavy (non-hydrogen) atoms. The van der Waals surface area contributed by atoms with Crippen LogP contribution in [0.4, 0.5) is 0 Å². The Hall–Kier alpha value is -1.58. The van der Waals surface area contributed by atoms with Crippen molar-refractivity contribution in [1.82, 2.24) is 4.98 Å². The first-order chi connectivity index (χ1) is 6.76. The normalized spacial score (nSPS) is 9.57. The summed E-state index contributed by atoms with van der Waals surface area (Å²) in [5.41, 5.74) is 0.823. The molecule has 1 heterocycles. The molecule has 0 aliphatic carbocycles. The van der Waals surface area contributed by atoms with Crippen LogP contribution in [-0.4, -0.2) is 24.7 Å². The smallest absolute Gasteiger partial charge is 0.310 e. The van der Waals surface area contributed by atoms with E-state index in [1.54, 1.807) is 32.4 Å². The van der Waals surface area contributed by atoms with E-state index in [2.05, 4.69) is 4.98 Å². The Bertz CT molecular complexity index is 295. The number of ether oxygens (including phenoxy) is 2. The van der Waals surface area contributed by atoms with Gasteiger partial charge in [0.15, 0.2) is 0 Å². The van der Waals surface area contributed by atoms with Crippen LogP contribution in [0.5, 0.6) is 5.88 Å². The molecule has 0 fully saturated rings. The van der Waals surface area contributed by atoms with Gasteiger partial charge in [-0.1, -0.05) is 6.07 Å². The Morgan fingerprint density at radius 2 is 2.29 bits per heavy atom. The number of hydrogen-bond donors (Lipinski definition) is 0. The monoisotopic (exact) mass is 195 g/mol. The lowest BCUT2D eigenvalue weighted by Gasteiger charge is -2.02. The molecule has 4 nitrogen and oxygen atoms in total. The minimum Gasteiger partial charge on any atom is -0.481 e. The van der Waals surface area contributed by atoms with Gasteiger partial charge < -0.3 is 9.47 Å². The van der Waals surface area contributed by atoms with Gasteiger partial charge in [-0.25, -0.2) is 4.98 Å². The molecule has 4 heteroatoms. The van der Waals surface area contributed by atoms with Gasteiger partial charge in [-0.15, -0.1) is 0 Å². The second-order valence-corrected chi connectivity index (χ2v) is 2.69. The average molecular weight is 195 g/mol. The van der Waals surface area contributed by atoms with E-state index in [-0.39, 0.29) is 12.4 Å². The lowest BCUT2D eigenvalue weighted by atomic mass is 10.2. The standard InChI is InChI=1S/C10H13NO3/c1-3-14-10(12)6-8-4-5-9(13-2)11-7-8/h4-5,7H,3,6H2,1-2H3. The van der Waals surface area contributed by atoms with E-state index in [9.17, 15) is 4.79 Å². The minimum absolute atomic E-state index is 0.237. The highest BCUT2D eigenvalue weighted by atomic mass is 16.5. The maximum atomic E-state index is 11.1. The molecule has 0 aliphatic rings. The van der Waals surface area contributed by atoms with Crippen molar-refractivity contribution in [1.29, 1.82) is 0 Å². The minimum atomic E-state index is -0.237. The highest BCUT2D eigenvalue weighted by molar-refractivity contribution is 5.72. The van der Waals surface area contributed by atoms with Gasteiger partial charge >= 0.3 is 5.97 Å². The maximum Gasteiger partial charge on any atom is 0.310 e. The fourth-order valence-corrected chi connectivity index (χ4v) is 1.01. The number of methoxy groups -OCH3 is 1. The van der Waals surface area contributed by atoms with Crippen molar-refractivity contribution in [3.05, 3.63) is 23.9 Å². The number of carbonyl (C=O) groups is 1. The summed E-state index contributed by atoms with van der Waals surface area (Å²) < 4.78 is 9.70. The summed E-state index contributed by atoms with van der Waals surface area (Å²) in [6.45, 7) is 2.19. The molecule has 0 aromatic carbocycles. The second-order valence-electron chi connectivity index (χ2n) is 2.69. The fourth-order valence-electron chi connectivity index (χ4n) is 1.01. The molecule has 76 valence electrons. The summed E-state index contributed by atoms with van der Waals surface area (Å²) >= 11 is 0. The number of carbonyl (C=O) groups excluding carboxylic acids is 1. The highest BCUT2D eigenvalue weighted by Gasteiger charge is 2.03. The predicted octanol–water partition coefficient (Wildman–Crippen LogP) is 1.20. The van der Waals surface area contributed by atoms with Crippen LogP contribution in [0.1, 0.15) is 12.5 Å². The van der Waals surface area contributed by atoms with Crippen LogP contribution in [0.15, 0.2) is 18.3 Å². The quantitative estimate of drug-likeness (QED) is 0.677.